The summed E-state index contributed by atoms with van der Waals surface area (Å²) in [5.41, 5.74) is 4.74. The summed E-state index contributed by atoms with van der Waals surface area (Å²) < 4.78 is 12.4. The van der Waals surface area contributed by atoms with Crippen molar-refractivity contribution >= 4 is 0 Å². The van der Waals surface area contributed by atoms with Crippen molar-refractivity contribution in [1.82, 2.24) is 10.3 Å². The van der Waals surface area contributed by atoms with Crippen molar-refractivity contribution in [2.75, 3.05) is 14.2 Å². The molecule has 1 aromatic heterocycles. The second-order valence-corrected chi connectivity index (χ2v) is 14.1. The fourth-order valence-corrected chi connectivity index (χ4v) is 9.23. The van der Waals surface area contributed by atoms with E-state index >= 15 is 0 Å². The maximum Gasteiger partial charge on any atom is 0.200 e. The molecule has 1 saturated heterocycles. The number of allylic oxidation sites excluding steroid dienone is 2. The molecule has 3 aromatic rings. The minimum Gasteiger partial charge on any atom is -0.508 e. The molecule has 4 aliphatic rings. The fourth-order valence-electron chi connectivity index (χ4n) is 9.23. The third-order valence-electron chi connectivity index (χ3n) is 11.7. The van der Waals surface area contributed by atoms with Gasteiger partial charge in [-0.1, -0.05) is 24.3 Å². The van der Waals surface area contributed by atoms with Gasteiger partial charge in [-0.05, 0) is 105 Å². The molecule has 46 heavy (non-hydrogen) atoms. The molecule has 6 N–H and O–H groups in total. The summed E-state index contributed by atoms with van der Waals surface area (Å²) in [6, 6.07) is 10.3. The number of aromatic hydroxyl groups is 3. The average Bonchev–Trinajstić information content (AvgIpc) is 3.59. The zero-order chi connectivity index (χ0) is 31.9. The zero-order valence-electron chi connectivity index (χ0n) is 26.9. The van der Waals surface area contributed by atoms with E-state index in [0.717, 1.165) is 47.9 Å². The maximum atomic E-state index is 11.4. The number of ether oxygens (including phenoxy) is 2. The van der Waals surface area contributed by atoms with E-state index in [1.165, 1.54) is 31.9 Å². The van der Waals surface area contributed by atoms with E-state index in [-0.39, 0.29) is 41.1 Å². The topological polar surface area (TPSA) is 127 Å². The number of rotatable bonds is 7. The lowest BCUT2D eigenvalue weighted by atomic mass is 9.65. The number of methoxy groups -OCH3 is 1. The number of phenols is 3. The first-order chi connectivity index (χ1) is 22.3. The van der Waals surface area contributed by atoms with E-state index in [1.54, 1.807) is 6.07 Å². The molecule has 0 radical (unpaired) electrons. The summed E-state index contributed by atoms with van der Waals surface area (Å²) in [5, 5.41) is 47.3. The van der Waals surface area contributed by atoms with Gasteiger partial charge in [0.1, 0.15) is 5.75 Å². The fraction of sp³-hybridized carbons (Fsp3) is 0.526. The van der Waals surface area contributed by atoms with Gasteiger partial charge in [0.25, 0.3) is 0 Å². The number of hydrogen-bond acceptors (Lipinski definition) is 7. The van der Waals surface area contributed by atoms with E-state index in [1.807, 2.05) is 24.5 Å². The number of phenolic OH excluding ortho intramolecular Hbond substituents is 3. The van der Waals surface area contributed by atoms with Crippen molar-refractivity contribution in [3.63, 3.8) is 0 Å². The van der Waals surface area contributed by atoms with Crippen molar-refractivity contribution in [3.8, 4) is 23.0 Å². The summed E-state index contributed by atoms with van der Waals surface area (Å²) >= 11 is 0. The first-order valence-electron chi connectivity index (χ1n) is 17.1. The summed E-state index contributed by atoms with van der Waals surface area (Å²) in [4.78, 5) is 3.08. The van der Waals surface area contributed by atoms with Crippen LogP contribution in [0.1, 0.15) is 97.1 Å². The van der Waals surface area contributed by atoms with Gasteiger partial charge in [-0.15, -0.1) is 0 Å². The van der Waals surface area contributed by atoms with E-state index in [2.05, 4.69) is 41.6 Å². The predicted molar refractivity (Wildman–Crippen MR) is 177 cm³/mol. The molecule has 2 aromatic carbocycles. The normalized spacial score (nSPS) is 32.5. The van der Waals surface area contributed by atoms with Crippen molar-refractivity contribution in [2.45, 2.75) is 94.0 Å². The minimum atomic E-state index is -0.542. The number of aromatic nitrogens is 1. The molecule has 1 aliphatic heterocycles. The second-order valence-electron chi connectivity index (χ2n) is 14.1. The number of nitrogens with one attached hydrogen (secondary N) is 2. The molecule has 0 amide bonds. The molecule has 3 aliphatic carbocycles. The van der Waals surface area contributed by atoms with Crippen LogP contribution in [0.5, 0.6) is 23.0 Å². The van der Waals surface area contributed by atoms with Crippen LogP contribution in [0, 0.1) is 17.8 Å². The quantitative estimate of drug-likeness (QED) is 0.129. The molecule has 3 fully saturated rings. The Morgan fingerprint density at radius 3 is 2.59 bits per heavy atom. The SMILES string of the molecule is CNC1CCC2C(CC=CC2c2cc(C3CCC4C(O)CC(c5cc(O)c(O)c(OC)c5Cc5cc[nH]c5)OC4C3)ccc2O)C1. The Bertz CT molecular complexity index is 1550. The van der Waals surface area contributed by atoms with Crippen LogP contribution in [0.3, 0.4) is 0 Å². The summed E-state index contributed by atoms with van der Waals surface area (Å²) in [6.45, 7) is 0. The number of fused-ring (bicyclic) bond motifs is 2. The highest BCUT2D eigenvalue weighted by atomic mass is 16.5. The molecular formula is C38H48N2O6. The Morgan fingerprint density at radius 2 is 1.80 bits per heavy atom. The van der Waals surface area contributed by atoms with Crippen LogP contribution in [0.25, 0.3) is 0 Å². The largest absolute Gasteiger partial charge is 0.508 e. The monoisotopic (exact) mass is 628 g/mol. The first-order valence-corrected chi connectivity index (χ1v) is 17.1. The highest BCUT2D eigenvalue weighted by molar-refractivity contribution is 5.59. The van der Waals surface area contributed by atoms with E-state index in [0.29, 0.717) is 36.5 Å². The second kappa shape index (κ2) is 13.0. The zero-order valence-corrected chi connectivity index (χ0v) is 26.9. The van der Waals surface area contributed by atoms with Crippen molar-refractivity contribution < 1.29 is 29.9 Å². The van der Waals surface area contributed by atoms with Gasteiger partial charge in [0.2, 0.25) is 5.75 Å². The number of benzene rings is 2. The molecule has 9 atom stereocenters. The molecule has 8 heteroatoms. The third kappa shape index (κ3) is 5.80. The summed E-state index contributed by atoms with van der Waals surface area (Å²) in [6.07, 6.45) is 15.3. The number of aliphatic hydroxyl groups excluding tert-OH is 1. The molecule has 0 bridgehead atoms. The highest BCUT2D eigenvalue weighted by Crippen LogP contribution is 2.51. The van der Waals surface area contributed by atoms with Crippen LogP contribution in [0.4, 0.5) is 0 Å². The van der Waals surface area contributed by atoms with Gasteiger partial charge in [0.15, 0.2) is 11.5 Å². The Hall–Kier alpha value is -3.46. The van der Waals surface area contributed by atoms with Gasteiger partial charge < -0.3 is 40.2 Å². The van der Waals surface area contributed by atoms with Crippen molar-refractivity contribution in [2.24, 2.45) is 17.8 Å². The smallest absolute Gasteiger partial charge is 0.200 e. The van der Waals surface area contributed by atoms with E-state index < -0.39 is 12.2 Å². The van der Waals surface area contributed by atoms with Gasteiger partial charge in [-0.3, -0.25) is 0 Å². The van der Waals surface area contributed by atoms with Crippen LogP contribution in [-0.2, 0) is 11.2 Å². The molecule has 0 spiro atoms. The van der Waals surface area contributed by atoms with Crippen molar-refractivity contribution in [1.29, 1.82) is 0 Å². The predicted octanol–water partition coefficient (Wildman–Crippen LogP) is 6.55. The molecular weight excluding hydrogens is 580 g/mol. The summed E-state index contributed by atoms with van der Waals surface area (Å²) in [5.74, 6) is 1.74. The molecule has 2 heterocycles. The Kier molecular flexibility index (Phi) is 8.79. The number of H-pyrrole nitrogens is 1. The standard InChI is InChI=1S/C38H48N2O6/c1-39-25-8-10-26-24(15-25)4-3-5-27(26)29-16-22(7-11-32(29)41)23-6-9-28-33(42)19-36(46-35(28)17-23)30-18-34(43)37(44)38(45-2)31(30)14-21-12-13-40-20-21/h3,5,7,11-13,16,18,20,23-28,33,35-36,39-44H,4,6,8-10,14-15,17,19H2,1-2H3. The van der Waals surface area contributed by atoms with Crippen LogP contribution in [-0.4, -0.2) is 57.8 Å². The van der Waals surface area contributed by atoms with E-state index in [9.17, 15) is 20.4 Å². The number of aliphatic hydroxyl groups is 1. The molecule has 8 nitrogen and oxygen atoms in total. The number of hydrogen-bond donors (Lipinski definition) is 6. The van der Waals surface area contributed by atoms with Gasteiger partial charge >= 0.3 is 0 Å². The Balaban J connectivity index is 1.14. The van der Waals surface area contributed by atoms with E-state index in [4.69, 9.17) is 9.47 Å². The molecule has 246 valence electrons. The molecule has 7 rings (SSSR count). The highest BCUT2D eigenvalue weighted by Gasteiger charge is 2.44. The van der Waals surface area contributed by atoms with Crippen molar-refractivity contribution in [3.05, 3.63) is 82.7 Å². The van der Waals surface area contributed by atoms with Gasteiger partial charge in [-0.2, -0.15) is 0 Å². The van der Waals surface area contributed by atoms with Gasteiger partial charge in [-0.25, -0.2) is 0 Å². The Morgan fingerprint density at radius 1 is 0.957 bits per heavy atom. The summed E-state index contributed by atoms with van der Waals surface area (Å²) in [7, 11) is 3.55. The maximum absolute atomic E-state index is 11.4. The van der Waals surface area contributed by atoms with Gasteiger partial charge in [0, 0.05) is 54.2 Å². The Labute approximate surface area is 271 Å². The van der Waals surface area contributed by atoms with Crippen LogP contribution < -0.4 is 10.1 Å². The van der Waals surface area contributed by atoms with Gasteiger partial charge in [0.05, 0.1) is 25.4 Å². The third-order valence-corrected chi connectivity index (χ3v) is 11.7. The molecule has 9 unspecified atom stereocenters. The van der Waals surface area contributed by atoms with Crippen LogP contribution >= 0.6 is 0 Å². The lowest BCUT2D eigenvalue weighted by Crippen LogP contribution is -2.44. The minimum absolute atomic E-state index is 0.0363. The van der Waals surface area contributed by atoms with Crippen LogP contribution in [0.2, 0.25) is 0 Å². The average molecular weight is 629 g/mol. The molecule has 2 saturated carbocycles. The first kappa shape index (κ1) is 31.2. The lowest BCUT2D eigenvalue weighted by molar-refractivity contribution is -0.154. The lowest BCUT2D eigenvalue weighted by Gasteiger charge is -2.45. The van der Waals surface area contributed by atoms with Crippen LogP contribution in [0.15, 0.2) is 54.9 Å². The number of aromatic amines is 1.